The van der Waals surface area contributed by atoms with Crippen LogP contribution in [0.3, 0.4) is 0 Å². The second-order valence-electron chi connectivity index (χ2n) is 0. The van der Waals surface area contributed by atoms with E-state index in [0.717, 1.165) is 0 Å². The molecule has 0 radical (unpaired) electrons. The second-order valence-corrected chi connectivity index (χ2v) is 0. The maximum atomic E-state index is 0. The van der Waals surface area contributed by atoms with Gasteiger partial charge in [0.15, 0.2) is 0 Å². The van der Waals surface area contributed by atoms with E-state index in [2.05, 4.69) is 0 Å². The Morgan fingerprint density at radius 2 is 0.118 bits per heavy atom. The molecule has 0 aliphatic rings. The van der Waals surface area contributed by atoms with Gasteiger partial charge >= 0.3 is 0 Å². The molecule has 0 rings (SSSR count). The topological polar surface area (TPSA) is 94.5 Å². The van der Waals surface area contributed by atoms with Crippen LogP contribution in [0.5, 0.6) is 0 Å². The van der Waals surface area contributed by atoms with Crippen molar-refractivity contribution in [1.29, 1.82) is 0 Å². The van der Waals surface area contributed by atoms with Gasteiger partial charge < -0.3 is 16.4 Å². The van der Waals surface area contributed by atoms with Crippen molar-refractivity contribution >= 4 is 0 Å². The molecule has 0 spiro atoms. The van der Waals surface area contributed by atoms with Gasteiger partial charge in [-0.1, -0.05) is 0 Å². The molecular weight excluding hydrogens is 718 g/mol. The summed E-state index contributed by atoms with van der Waals surface area (Å²) in [6, 6.07) is 0. The molecule has 80 valence electrons. The summed E-state index contributed by atoms with van der Waals surface area (Å²) >= 11 is 0. The van der Waals surface area contributed by atoms with Gasteiger partial charge in [0, 0.05) is 304 Å². The van der Waals surface area contributed by atoms with E-state index in [-0.39, 0.29) is 320 Å². The van der Waals surface area contributed by atoms with Gasteiger partial charge in [-0.05, 0) is 0 Å². The average Bonchev–Trinajstić information content (AvgIpc) is 0. The molecular formula is H6O3Ti14. The Morgan fingerprint density at radius 1 is 0.118 bits per heavy atom. The molecule has 0 aromatic carbocycles. The summed E-state index contributed by atoms with van der Waals surface area (Å²) in [6.45, 7) is 0. The van der Waals surface area contributed by atoms with Crippen LogP contribution in [0.1, 0.15) is 0 Å². The third kappa shape index (κ3) is 151. The molecule has 0 aromatic heterocycles. The summed E-state index contributed by atoms with van der Waals surface area (Å²) < 4.78 is 0. The smallest absolute Gasteiger partial charge is 0 e. The zero-order valence-corrected chi connectivity index (χ0v) is 30.4. The Bertz CT molecular complexity index is 11.4. The Morgan fingerprint density at radius 3 is 0.118 bits per heavy atom. The van der Waals surface area contributed by atoms with Gasteiger partial charge in [0.05, 0.1) is 0 Å². The molecule has 0 bridgehead atoms. The molecule has 0 aliphatic carbocycles. The van der Waals surface area contributed by atoms with Crippen molar-refractivity contribution < 1.29 is 320 Å². The van der Waals surface area contributed by atoms with Crippen molar-refractivity contribution in [1.82, 2.24) is 0 Å². The van der Waals surface area contributed by atoms with Crippen molar-refractivity contribution in [2.24, 2.45) is 0 Å². The van der Waals surface area contributed by atoms with Crippen LogP contribution in [-0.2, 0) is 304 Å². The van der Waals surface area contributed by atoms with Gasteiger partial charge in [-0.25, -0.2) is 0 Å². The minimum Gasteiger partial charge on any atom is -0.412 e. The minimum absolute atomic E-state index is 0. The third-order valence-corrected chi connectivity index (χ3v) is 0. The number of hydrogen-bond acceptors (Lipinski definition) is 0. The van der Waals surface area contributed by atoms with E-state index in [1.54, 1.807) is 0 Å². The van der Waals surface area contributed by atoms with Crippen LogP contribution in [-0.4, -0.2) is 16.4 Å². The van der Waals surface area contributed by atoms with Crippen LogP contribution < -0.4 is 0 Å². The SMILES string of the molecule is O.O.O.[Ti].[Ti].[Ti].[Ti].[Ti].[Ti].[Ti].[Ti].[Ti].[Ti].[Ti].[Ti].[Ti].[Ti]. The van der Waals surface area contributed by atoms with Crippen molar-refractivity contribution in [3.05, 3.63) is 0 Å². The van der Waals surface area contributed by atoms with Crippen molar-refractivity contribution in [2.45, 2.75) is 0 Å². The zero-order valence-electron chi connectivity index (χ0n) is 8.50. The third-order valence-electron chi connectivity index (χ3n) is 0. The predicted molar refractivity (Wildman–Crippen MR) is 10.8 cm³/mol. The van der Waals surface area contributed by atoms with Gasteiger partial charge in [0.2, 0.25) is 0 Å². The fourth-order valence-electron chi connectivity index (χ4n) is 0. The normalized spacial score (nSPS) is 0. The van der Waals surface area contributed by atoms with E-state index in [1.807, 2.05) is 0 Å². The monoisotopic (exact) mass is 725 g/mol. The maximum Gasteiger partial charge on any atom is 0 e. The summed E-state index contributed by atoms with van der Waals surface area (Å²) in [7, 11) is 0. The second kappa shape index (κ2) is 164. The van der Waals surface area contributed by atoms with Crippen molar-refractivity contribution in [3.8, 4) is 0 Å². The Balaban J connectivity index is 0. The molecule has 3 nitrogen and oxygen atoms in total. The Labute approximate surface area is 312 Å². The molecule has 0 saturated carbocycles. The average molecular weight is 724 g/mol. The van der Waals surface area contributed by atoms with Crippen LogP contribution in [0.15, 0.2) is 0 Å². The van der Waals surface area contributed by atoms with Crippen molar-refractivity contribution in [3.63, 3.8) is 0 Å². The van der Waals surface area contributed by atoms with Gasteiger partial charge in [-0.2, -0.15) is 0 Å². The van der Waals surface area contributed by atoms with E-state index in [9.17, 15) is 0 Å². The van der Waals surface area contributed by atoms with Crippen LogP contribution >= 0.6 is 0 Å². The molecule has 0 aliphatic heterocycles. The summed E-state index contributed by atoms with van der Waals surface area (Å²) in [5.74, 6) is 0. The quantitative estimate of drug-likeness (QED) is 0.247. The zero-order chi connectivity index (χ0) is 0. The van der Waals surface area contributed by atoms with E-state index < -0.39 is 0 Å². The first-order valence-corrected chi connectivity index (χ1v) is 0. The summed E-state index contributed by atoms with van der Waals surface area (Å²) in [5, 5.41) is 0. The van der Waals surface area contributed by atoms with E-state index in [4.69, 9.17) is 0 Å². The molecule has 0 atom stereocenters. The standard InChI is InChI=1S/3H2O.14Ti/h3*1H2;;;;;;;;;;;;;;. The van der Waals surface area contributed by atoms with Crippen molar-refractivity contribution in [2.75, 3.05) is 0 Å². The Hall–Kier alpha value is 9.88. The summed E-state index contributed by atoms with van der Waals surface area (Å²) in [4.78, 5) is 0. The summed E-state index contributed by atoms with van der Waals surface area (Å²) in [6.07, 6.45) is 0. The van der Waals surface area contributed by atoms with Crippen LogP contribution in [0.25, 0.3) is 0 Å². The first-order valence-electron chi connectivity index (χ1n) is 0. The van der Waals surface area contributed by atoms with E-state index in [0.29, 0.717) is 0 Å². The maximum absolute atomic E-state index is 0. The first kappa shape index (κ1) is 184. The fourth-order valence-corrected chi connectivity index (χ4v) is 0. The Kier molecular flexibility index (Phi) is 1780. The van der Waals surface area contributed by atoms with Gasteiger partial charge in [-0.3, -0.25) is 0 Å². The molecule has 17 heteroatoms. The number of hydrogen-bond donors (Lipinski definition) is 0. The molecule has 0 unspecified atom stereocenters. The predicted octanol–water partition coefficient (Wildman–Crippen LogP) is -2.51. The largest absolute Gasteiger partial charge is 0.412 e. The molecule has 0 fully saturated rings. The molecule has 0 aromatic rings. The molecule has 6 N–H and O–H groups in total. The van der Waals surface area contributed by atoms with E-state index >= 15 is 0 Å². The fraction of sp³-hybridized carbons (Fsp3) is 0. The molecule has 17 heavy (non-hydrogen) atoms. The van der Waals surface area contributed by atoms with Gasteiger partial charge in [0.1, 0.15) is 0 Å². The van der Waals surface area contributed by atoms with Crippen LogP contribution in [0, 0.1) is 0 Å². The molecule has 0 saturated heterocycles. The van der Waals surface area contributed by atoms with Crippen LogP contribution in [0.4, 0.5) is 0 Å². The number of rotatable bonds is 0. The molecule has 0 amide bonds. The van der Waals surface area contributed by atoms with Crippen LogP contribution in [0.2, 0.25) is 0 Å². The summed E-state index contributed by atoms with van der Waals surface area (Å²) in [5.41, 5.74) is 0. The van der Waals surface area contributed by atoms with Gasteiger partial charge in [-0.15, -0.1) is 0 Å². The van der Waals surface area contributed by atoms with E-state index in [1.165, 1.54) is 0 Å². The first-order chi connectivity index (χ1) is 0. The minimum atomic E-state index is 0. The molecule has 0 heterocycles. The van der Waals surface area contributed by atoms with Gasteiger partial charge in [0.25, 0.3) is 0 Å².